The van der Waals surface area contributed by atoms with Gasteiger partial charge in [-0.15, -0.1) is 12.4 Å². The van der Waals surface area contributed by atoms with E-state index >= 15 is 0 Å². The number of aryl methyl sites for hydroxylation is 1. The second-order valence-electron chi connectivity index (χ2n) is 5.22. The van der Waals surface area contributed by atoms with Gasteiger partial charge in [0.15, 0.2) is 5.13 Å². The first-order chi connectivity index (χ1) is 10.2. The fourth-order valence-electron chi connectivity index (χ4n) is 2.67. The molecular formula is C17H15ClN2OS. The molecule has 2 aliphatic carbocycles. The Bertz CT molecular complexity index is 924. The monoisotopic (exact) mass is 330 g/mol. The molecule has 0 unspecified atom stereocenters. The summed E-state index contributed by atoms with van der Waals surface area (Å²) in [6.07, 6.45) is 7.15. The van der Waals surface area contributed by atoms with Crippen LogP contribution in [0.1, 0.15) is 12.0 Å². The molecule has 2 aliphatic rings. The second-order valence-corrected chi connectivity index (χ2v) is 6.28. The number of thiazole rings is 1. The third-order valence-electron chi connectivity index (χ3n) is 3.62. The Labute approximate surface area is 138 Å². The summed E-state index contributed by atoms with van der Waals surface area (Å²) in [4.78, 5) is 4.41. The molecule has 1 aromatic carbocycles. The number of rotatable bonds is 2. The molecule has 2 N–H and O–H groups in total. The molecule has 1 aromatic heterocycles. The minimum atomic E-state index is 0. The highest BCUT2D eigenvalue weighted by Crippen LogP contribution is 2.28. The van der Waals surface area contributed by atoms with Gasteiger partial charge in [0.05, 0.1) is 9.88 Å². The minimum absolute atomic E-state index is 0. The van der Waals surface area contributed by atoms with E-state index < -0.39 is 0 Å². The smallest absolute Gasteiger partial charge is 0.181 e. The summed E-state index contributed by atoms with van der Waals surface area (Å²) in [6.45, 7) is 2.06. The van der Waals surface area contributed by atoms with Gasteiger partial charge in [0, 0.05) is 0 Å². The summed E-state index contributed by atoms with van der Waals surface area (Å²) < 4.78 is 7.10. The molecule has 0 fully saturated rings. The lowest BCUT2D eigenvalue weighted by Crippen LogP contribution is -2.19. The standard InChI is InChI=1S/C17H14N2OS.ClH/c1-10-3-2-4-12(7-10)20-13-5-6-14-11(8-13)9-15-16(14)19-17(18)21-15;/h2-5,7-9H,6H2,1H3,(H2,18,19);1H. The maximum atomic E-state index is 5.95. The molecule has 22 heavy (non-hydrogen) atoms. The largest absolute Gasteiger partial charge is 0.458 e. The highest BCUT2D eigenvalue weighted by Gasteiger charge is 2.18. The van der Waals surface area contributed by atoms with Crippen molar-refractivity contribution in [3.8, 4) is 5.75 Å². The summed E-state index contributed by atoms with van der Waals surface area (Å²) in [5.41, 5.74) is 9.40. The molecule has 1 heterocycles. The second kappa shape index (κ2) is 5.63. The number of hydrogen-bond donors (Lipinski definition) is 1. The minimum Gasteiger partial charge on any atom is -0.458 e. The van der Waals surface area contributed by atoms with E-state index in [-0.39, 0.29) is 12.4 Å². The number of ether oxygens (including phenoxy) is 1. The first-order valence-electron chi connectivity index (χ1n) is 6.83. The van der Waals surface area contributed by atoms with E-state index in [0.717, 1.165) is 27.8 Å². The zero-order valence-electron chi connectivity index (χ0n) is 12.0. The Kier molecular flexibility index (Phi) is 3.81. The van der Waals surface area contributed by atoms with Crippen LogP contribution in [0.2, 0.25) is 0 Å². The van der Waals surface area contributed by atoms with Crippen molar-refractivity contribution < 1.29 is 4.74 Å². The maximum Gasteiger partial charge on any atom is 0.181 e. The maximum absolute atomic E-state index is 5.95. The number of nitrogens with zero attached hydrogens (tertiary/aromatic N) is 1. The molecule has 0 atom stereocenters. The lowest BCUT2D eigenvalue weighted by molar-refractivity contribution is 0.441. The molecule has 3 nitrogen and oxygen atoms in total. The van der Waals surface area contributed by atoms with Crippen molar-refractivity contribution in [3.63, 3.8) is 0 Å². The van der Waals surface area contributed by atoms with Crippen molar-refractivity contribution >= 4 is 40.5 Å². The van der Waals surface area contributed by atoms with Gasteiger partial charge in [-0.1, -0.05) is 23.5 Å². The molecule has 0 bridgehead atoms. The third kappa shape index (κ3) is 2.56. The number of hydrogen-bond acceptors (Lipinski definition) is 4. The van der Waals surface area contributed by atoms with Crippen molar-refractivity contribution in [2.45, 2.75) is 13.3 Å². The highest BCUT2D eigenvalue weighted by atomic mass is 35.5. The van der Waals surface area contributed by atoms with Crippen LogP contribution in [0.25, 0.3) is 11.6 Å². The Morgan fingerprint density at radius 3 is 2.95 bits per heavy atom. The van der Waals surface area contributed by atoms with Gasteiger partial charge in [0.25, 0.3) is 0 Å². The molecule has 2 aromatic rings. The number of halogens is 1. The molecule has 0 aliphatic heterocycles. The number of aromatic nitrogens is 1. The SMILES string of the molecule is Cc1cccc(OC2=CCC3=c4nc(N)sc4=CC3=C2)c1.Cl. The molecule has 5 heteroatoms. The lowest BCUT2D eigenvalue weighted by atomic mass is 10.00. The quantitative estimate of drug-likeness (QED) is 0.921. The van der Waals surface area contributed by atoms with Crippen LogP contribution < -0.4 is 20.4 Å². The van der Waals surface area contributed by atoms with Crippen molar-refractivity contribution in [1.82, 2.24) is 4.98 Å². The number of fused-ring (bicyclic) bond motifs is 2. The van der Waals surface area contributed by atoms with E-state index in [1.165, 1.54) is 28.0 Å². The van der Waals surface area contributed by atoms with Crippen molar-refractivity contribution in [1.29, 1.82) is 0 Å². The van der Waals surface area contributed by atoms with Gasteiger partial charge in [-0.3, -0.25) is 0 Å². The molecule has 0 saturated heterocycles. The molecule has 112 valence electrons. The third-order valence-corrected chi connectivity index (χ3v) is 4.45. The molecule has 0 amide bonds. The fourth-order valence-corrected chi connectivity index (χ4v) is 3.49. The van der Waals surface area contributed by atoms with Crippen LogP contribution in [0.4, 0.5) is 5.13 Å². The van der Waals surface area contributed by atoms with Gasteiger partial charge in [-0.25, -0.2) is 4.98 Å². The van der Waals surface area contributed by atoms with Gasteiger partial charge < -0.3 is 10.5 Å². The van der Waals surface area contributed by atoms with E-state index in [1.807, 2.05) is 18.2 Å². The molecule has 0 radical (unpaired) electrons. The van der Waals surface area contributed by atoms with Crippen molar-refractivity contribution in [2.75, 3.05) is 5.73 Å². The Balaban J connectivity index is 0.00000144. The van der Waals surface area contributed by atoms with Crippen molar-refractivity contribution in [2.24, 2.45) is 0 Å². The fraction of sp³-hybridized carbons (Fsp3) is 0.118. The van der Waals surface area contributed by atoms with Gasteiger partial charge in [-0.05, 0) is 60.4 Å². The van der Waals surface area contributed by atoms with E-state index in [9.17, 15) is 0 Å². The van der Waals surface area contributed by atoms with Crippen LogP contribution in [0.5, 0.6) is 5.75 Å². The Morgan fingerprint density at radius 1 is 1.27 bits per heavy atom. The molecule has 4 rings (SSSR count). The van der Waals surface area contributed by atoms with E-state index in [4.69, 9.17) is 10.5 Å². The number of nitrogens with two attached hydrogens (primary N) is 1. The van der Waals surface area contributed by atoms with Crippen LogP contribution in [-0.4, -0.2) is 4.98 Å². The van der Waals surface area contributed by atoms with E-state index in [2.05, 4.69) is 36.2 Å². The summed E-state index contributed by atoms with van der Waals surface area (Å²) in [7, 11) is 0. The van der Waals surface area contributed by atoms with Crippen LogP contribution in [0, 0.1) is 6.92 Å². The highest BCUT2D eigenvalue weighted by molar-refractivity contribution is 7.13. The summed E-state index contributed by atoms with van der Waals surface area (Å²) in [5, 5.41) is 1.67. The van der Waals surface area contributed by atoms with Crippen molar-refractivity contribution in [3.05, 3.63) is 63.2 Å². The predicted molar refractivity (Wildman–Crippen MR) is 93.5 cm³/mol. The van der Waals surface area contributed by atoms with Gasteiger partial charge in [-0.2, -0.15) is 0 Å². The van der Waals surface area contributed by atoms with Gasteiger partial charge >= 0.3 is 0 Å². The predicted octanol–water partition coefficient (Wildman–Crippen LogP) is 2.69. The van der Waals surface area contributed by atoms with Crippen LogP contribution in [0.3, 0.4) is 0 Å². The first kappa shape index (κ1) is 14.9. The number of anilines is 1. The zero-order valence-corrected chi connectivity index (χ0v) is 13.6. The number of nitrogen functional groups attached to an aromatic ring is 1. The lowest BCUT2D eigenvalue weighted by Gasteiger charge is -2.13. The van der Waals surface area contributed by atoms with Gasteiger partial charge in [0.1, 0.15) is 11.5 Å². The summed E-state index contributed by atoms with van der Waals surface area (Å²) >= 11 is 1.54. The topological polar surface area (TPSA) is 48.1 Å². The van der Waals surface area contributed by atoms with Crippen LogP contribution in [-0.2, 0) is 0 Å². The van der Waals surface area contributed by atoms with E-state index in [1.54, 1.807) is 0 Å². The molecule has 0 spiro atoms. The van der Waals surface area contributed by atoms with Gasteiger partial charge in [0.2, 0.25) is 0 Å². The van der Waals surface area contributed by atoms with E-state index in [0.29, 0.717) is 5.13 Å². The first-order valence-corrected chi connectivity index (χ1v) is 7.65. The Morgan fingerprint density at radius 2 is 2.14 bits per heavy atom. The normalized spacial score (nSPS) is 15.0. The average molecular weight is 331 g/mol. The summed E-state index contributed by atoms with van der Waals surface area (Å²) in [6, 6.07) is 8.08. The average Bonchev–Trinajstić information content (AvgIpc) is 2.94. The summed E-state index contributed by atoms with van der Waals surface area (Å²) in [5.74, 6) is 1.76. The number of benzene rings is 1. The molecular weight excluding hydrogens is 316 g/mol. The number of allylic oxidation sites excluding steroid dienone is 3. The molecule has 0 saturated carbocycles. The van der Waals surface area contributed by atoms with Crippen LogP contribution in [0.15, 0.2) is 47.7 Å². The zero-order chi connectivity index (χ0) is 14.4. The van der Waals surface area contributed by atoms with Crippen LogP contribution >= 0.6 is 23.7 Å². The Hall–Kier alpha value is -2.04.